The minimum atomic E-state index is -3.04. The van der Waals surface area contributed by atoms with Gasteiger partial charge in [0.1, 0.15) is 0 Å². The summed E-state index contributed by atoms with van der Waals surface area (Å²) in [5.74, 6) is 0. The second-order valence-corrected chi connectivity index (χ2v) is 14.0. The summed E-state index contributed by atoms with van der Waals surface area (Å²) >= 11 is 26.5. The van der Waals surface area contributed by atoms with Crippen LogP contribution in [0.4, 0.5) is 0 Å². The Morgan fingerprint density at radius 1 is 1.00 bits per heavy atom. The van der Waals surface area contributed by atoms with Crippen LogP contribution in [0.3, 0.4) is 0 Å². The minimum Gasteiger partial charge on any atom is -0.205 e. The van der Waals surface area contributed by atoms with Gasteiger partial charge >= 0.3 is 0 Å². The zero-order valence-electron chi connectivity index (χ0n) is 5.06. The fourth-order valence-electron chi connectivity index (χ4n) is 0.0778. The van der Waals surface area contributed by atoms with E-state index in [1.807, 2.05) is 0 Å². The molecule has 0 atom stereocenters. The molecule has 0 aromatic rings. The predicted molar refractivity (Wildman–Crippen MR) is 65.4 cm³/mol. The van der Waals surface area contributed by atoms with Crippen LogP contribution in [0.1, 0.15) is 0 Å². The molecular formula is C2H2Br2Cl4O2S2. The first kappa shape index (κ1) is 16.8. The maximum Gasteiger partial charge on any atom is 0.268 e. The van der Waals surface area contributed by atoms with Crippen molar-refractivity contribution < 1.29 is 8.42 Å². The summed E-state index contributed by atoms with van der Waals surface area (Å²) in [5, 5.41) is 0. The van der Waals surface area contributed by atoms with E-state index in [0.717, 1.165) is 11.8 Å². The molecule has 0 heterocycles. The number of halogens is 6. The standard InChI is InChI=1S/C2H2Cl4S.Br2O2S/c3-1(4)7-2(5)6;1-5(2,3)4/h1-2H;. The van der Waals surface area contributed by atoms with Gasteiger partial charge < -0.3 is 0 Å². The molecule has 0 aliphatic heterocycles. The third-order valence-corrected chi connectivity index (χ3v) is 1.85. The number of hydrogen-bond acceptors (Lipinski definition) is 3. The Bertz CT molecular complexity index is 179. The third kappa shape index (κ3) is 39.3. The summed E-state index contributed by atoms with van der Waals surface area (Å²) in [6, 6.07) is 0. The van der Waals surface area contributed by atoms with Crippen LogP contribution >= 0.6 is 87.8 Å². The van der Waals surface area contributed by atoms with Gasteiger partial charge in [-0.25, -0.2) is 8.42 Å². The number of rotatable bonds is 2. The van der Waals surface area contributed by atoms with Crippen molar-refractivity contribution in [3.05, 3.63) is 0 Å². The molecule has 0 aromatic heterocycles. The normalized spacial score (nSPS) is 11.3. The van der Waals surface area contributed by atoms with Crippen molar-refractivity contribution in [1.82, 2.24) is 0 Å². The Morgan fingerprint density at radius 3 is 1.17 bits per heavy atom. The molecule has 10 heteroatoms. The second kappa shape index (κ2) is 8.71. The van der Waals surface area contributed by atoms with Crippen LogP contribution in [0.25, 0.3) is 0 Å². The van der Waals surface area contributed by atoms with Gasteiger partial charge in [0.25, 0.3) is 6.70 Å². The molecule has 0 unspecified atom stereocenters. The maximum atomic E-state index is 9.47. The third-order valence-electron chi connectivity index (χ3n) is 0.206. The fraction of sp³-hybridized carbons (Fsp3) is 1.00. The quantitative estimate of drug-likeness (QED) is 0.491. The zero-order valence-corrected chi connectivity index (χ0v) is 12.9. The molecule has 0 radical (unpaired) electrons. The average molecular weight is 424 g/mol. The first-order valence-corrected chi connectivity index (χ1v) is 9.84. The average Bonchev–Trinajstić information content (AvgIpc) is 1.52. The van der Waals surface area contributed by atoms with E-state index in [-0.39, 0.29) is 0 Å². The highest BCUT2D eigenvalue weighted by atomic mass is 79.9. The summed E-state index contributed by atoms with van der Waals surface area (Å²) in [7, 11) is 0. The minimum absolute atomic E-state index is 0.528. The number of hydrogen-bond donors (Lipinski definition) is 0. The van der Waals surface area contributed by atoms with Gasteiger partial charge in [0.05, 0.1) is 29.6 Å². The zero-order chi connectivity index (χ0) is 10.4. The predicted octanol–water partition coefficient (Wildman–Crippen LogP) is 4.26. The molecule has 0 aliphatic carbocycles. The van der Waals surface area contributed by atoms with Crippen LogP contribution < -0.4 is 0 Å². The Balaban J connectivity index is 0. The van der Waals surface area contributed by atoms with Crippen molar-refractivity contribution in [3.8, 4) is 0 Å². The molecule has 0 aromatic carbocycles. The van der Waals surface area contributed by atoms with Gasteiger partial charge in [-0.2, -0.15) is 0 Å². The van der Waals surface area contributed by atoms with Crippen LogP contribution in [-0.4, -0.2) is 16.8 Å². The van der Waals surface area contributed by atoms with Crippen molar-refractivity contribution in [2.24, 2.45) is 0 Å². The topological polar surface area (TPSA) is 34.1 Å². The molecule has 0 saturated heterocycles. The summed E-state index contributed by atoms with van der Waals surface area (Å²) in [5.41, 5.74) is 0. The van der Waals surface area contributed by atoms with E-state index in [2.05, 4.69) is 29.6 Å². The fourth-order valence-corrected chi connectivity index (χ4v) is 2.10. The summed E-state index contributed by atoms with van der Waals surface area (Å²) in [6.07, 6.45) is 0. The SMILES string of the molecule is ClC(Cl)SC(Cl)Cl.O=S(=O)(Br)Br. The number of alkyl halides is 4. The van der Waals surface area contributed by atoms with E-state index in [1.165, 1.54) is 0 Å². The van der Waals surface area contributed by atoms with Crippen molar-refractivity contribution >= 4 is 94.5 Å². The lowest BCUT2D eigenvalue weighted by atomic mass is 11.8. The Kier molecular flexibility index (Phi) is 12.2. The summed E-state index contributed by atoms with van der Waals surface area (Å²) < 4.78 is 17.9. The molecule has 0 fully saturated rings. The van der Waals surface area contributed by atoms with Gasteiger partial charge in [-0.1, -0.05) is 58.2 Å². The largest absolute Gasteiger partial charge is 0.268 e. The van der Waals surface area contributed by atoms with E-state index < -0.39 is 15.0 Å². The van der Waals surface area contributed by atoms with E-state index in [4.69, 9.17) is 46.4 Å². The highest BCUT2D eigenvalue weighted by Crippen LogP contribution is 2.28. The van der Waals surface area contributed by atoms with E-state index in [9.17, 15) is 8.42 Å². The van der Waals surface area contributed by atoms with Gasteiger partial charge in [0.15, 0.2) is 8.34 Å². The van der Waals surface area contributed by atoms with Gasteiger partial charge in [-0.3, -0.25) is 0 Å². The summed E-state index contributed by atoms with van der Waals surface area (Å²) in [6.45, 7) is -3.04. The lowest BCUT2D eigenvalue weighted by Gasteiger charge is -1.97. The van der Waals surface area contributed by atoms with E-state index >= 15 is 0 Å². The lowest BCUT2D eigenvalue weighted by molar-refractivity contribution is 0.625. The van der Waals surface area contributed by atoms with Crippen molar-refractivity contribution in [1.29, 1.82) is 0 Å². The van der Waals surface area contributed by atoms with Crippen LogP contribution in [0.5, 0.6) is 0 Å². The monoisotopic (exact) mass is 420 g/mol. The molecule has 0 aliphatic rings. The van der Waals surface area contributed by atoms with Gasteiger partial charge in [0, 0.05) is 0 Å². The van der Waals surface area contributed by atoms with Crippen LogP contribution in [0, 0.1) is 0 Å². The molecule has 0 amide bonds. The van der Waals surface area contributed by atoms with Gasteiger partial charge in [-0.05, 0) is 0 Å². The Labute approximate surface area is 110 Å². The Hall–Kier alpha value is 2.42. The second-order valence-electron chi connectivity index (χ2n) is 1.04. The lowest BCUT2D eigenvalue weighted by Crippen LogP contribution is -1.81. The van der Waals surface area contributed by atoms with E-state index in [0.29, 0.717) is 0 Å². The molecule has 0 saturated carbocycles. The maximum absolute atomic E-state index is 9.47. The number of thioether (sulfide) groups is 1. The Morgan fingerprint density at radius 2 is 1.17 bits per heavy atom. The van der Waals surface area contributed by atoms with Gasteiger partial charge in [0.2, 0.25) is 0 Å². The van der Waals surface area contributed by atoms with Crippen molar-refractivity contribution in [3.63, 3.8) is 0 Å². The molecule has 0 N–H and O–H groups in total. The smallest absolute Gasteiger partial charge is 0.205 e. The molecule has 0 rings (SSSR count). The van der Waals surface area contributed by atoms with Crippen molar-refractivity contribution in [2.45, 2.75) is 8.34 Å². The highest BCUT2D eigenvalue weighted by Gasteiger charge is 2.04. The van der Waals surface area contributed by atoms with Crippen LogP contribution in [0.2, 0.25) is 0 Å². The van der Waals surface area contributed by atoms with E-state index in [1.54, 1.807) is 0 Å². The molecular weight excluding hydrogens is 422 g/mol. The first-order valence-electron chi connectivity index (χ1n) is 1.99. The van der Waals surface area contributed by atoms with Crippen molar-refractivity contribution in [2.75, 3.05) is 0 Å². The van der Waals surface area contributed by atoms with Gasteiger partial charge in [-0.15, -0.1) is 0 Å². The molecule has 76 valence electrons. The molecule has 2 nitrogen and oxygen atoms in total. The van der Waals surface area contributed by atoms with Crippen LogP contribution in [0.15, 0.2) is 0 Å². The molecule has 12 heavy (non-hydrogen) atoms. The molecule has 0 spiro atoms. The summed E-state index contributed by atoms with van der Waals surface area (Å²) in [4.78, 5) is 0. The highest BCUT2D eigenvalue weighted by molar-refractivity contribution is 9.79. The first-order chi connectivity index (χ1) is 5.13. The van der Waals surface area contributed by atoms with Crippen LogP contribution in [-0.2, 0) is 6.70 Å². The molecule has 0 bridgehead atoms.